The Morgan fingerprint density at radius 2 is 2.17 bits per heavy atom. The quantitative estimate of drug-likeness (QED) is 0.517. The molecule has 162 valence electrons. The lowest BCUT2D eigenvalue weighted by atomic mass is 9.98. The fourth-order valence-corrected chi connectivity index (χ4v) is 4.04. The highest BCUT2D eigenvalue weighted by atomic mass is 16.5. The standard InChI is InChI=1S/C23H38N4O2/c1-4-24-23(25-14-19-7-6-11-27(5-2)16-19)26-15-20-9-8-18(3)13-22(20)29-21-10-12-28-17-21/h8-9,13,19,21H,4-7,10-12,14-17H2,1-3H3,(H2,24,25,26). The SMILES string of the molecule is CCNC(=NCc1ccc(C)cc1OC1CCOC1)NCC1CCCN(CC)C1. The molecule has 2 saturated heterocycles. The van der Waals surface area contributed by atoms with Gasteiger partial charge in [-0.1, -0.05) is 19.1 Å². The maximum Gasteiger partial charge on any atom is 0.191 e. The molecule has 2 heterocycles. The zero-order chi connectivity index (χ0) is 20.5. The molecule has 0 spiro atoms. The van der Waals surface area contributed by atoms with E-state index in [9.17, 15) is 0 Å². The van der Waals surface area contributed by atoms with E-state index in [1.165, 1.54) is 31.5 Å². The number of nitrogens with one attached hydrogen (secondary N) is 2. The summed E-state index contributed by atoms with van der Waals surface area (Å²) in [7, 11) is 0. The van der Waals surface area contributed by atoms with Gasteiger partial charge in [0.1, 0.15) is 11.9 Å². The zero-order valence-corrected chi connectivity index (χ0v) is 18.4. The van der Waals surface area contributed by atoms with Crippen molar-refractivity contribution in [1.29, 1.82) is 0 Å². The first kappa shape index (κ1) is 21.9. The van der Waals surface area contributed by atoms with E-state index in [0.29, 0.717) is 19.1 Å². The van der Waals surface area contributed by atoms with Crippen LogP contribution in [0.5, 0.6) is 5.75 Å². The second-order valence-electron chi connectivity index (χ2n) is 8.19. The van der Waals surface area contributed by atoms with Gasteiger partial charge in [0, 0.05) is 31.6 Å². The molecule has 6 heteroatoms. The predicted octanol–water partition coefficient (Wildman–Crippen LogP) is 2.95. The topological polar surface area (TPSA) is 58.1 Å². The fraction of sp³-hybridized carbons (Fsp3) is 0.696. The van der Waals surface area contributed by atoms with Crippen molar-refractivity contribution in [1.82, 2.24) is 15.5 Å². The van der Waals surface area contributed by atoms with Crippen LogP contribution in [0, 0.1) is 12.8 Å². The van der Waals surface area contributed by atoms with Gasteiger partial charge >= 0.3 is 0 Å². The summed E-state index contributed by atoms with van der Waals surface area (Å²) in [5.41, 5.74) is 2.32. The summed E-state index contributed by atoms with van der Waals surface area (Å²) in [6.07, 6.45) is 3.70. The molecule has 3 rings (SSSR count). The lowest BCUT2D eigenvalue weighted by Gasteiger charge is -2.32. The van der Waals surface area contributed by atoms with Crippen LogP contribution in [0.1, 0.15) is 44.2 Å². The van der Waals surface area contributed by atoms with E-state index in [-0.39, 0.29) is 6.10 Å². The lowest BCUT2D eigenvalue weighted by molar-refractivity contribution is 0.140. The summed E-state index contributed by atoms with van der Waals surface area (Å²) >= 11 is 0. The highest BCUT2D eigenvalue weighted by Gasteiger charge is 2.20. The van der Waals surface area contributed by atoms with Crippen molar-refractivity contribution < 1.29 is 9.47 Å². The first-order valence-electron chi connectivity index (χ1n) is 11.3. The van der Waals surface area contributed by atoms with Crippen LogP contribution in [0.25, 0.3) is 0 Å². The van der Waals surface area contributed by atoms with E-state index in [1.54, 1.807) is 0 Å². The number of hydrogen-bond acceptors (Lipinski definition) is 4. The van der Waals surface area contributed by atoms with Crippen molar-refractivity contribution in [2.45, 2.75) is 52.7 Å². The van der Waals surface area contributed by atoms with E-state index in [1.807, 2.05) is 0 Å². The van der Waals surface area contributed by atoms with Crippen LogP contribution in [0.3, 0.4) is 0 Å². The first-order chi connectivity index (χ1) is 14.2. The lowest BCUT2D eigenvalue weighted by Crippen LogP contribution is -2.44. The predicted molar refractivity (Wildman–Crippen MR) is 119 cm³/mol. The summed E-state index contributed by atoms with van der Waals surface area (Å²) in [6, 6.07) is 6.38. The number of hydrogen-bond donors (Lipinski definition) is 2. The molecule has 2 atom stereocenters. The average molecular weight is 403 g/mol. The fourth-order valence-electron chi connectivity index (χ4n) is 4.04. The molecular weight excluding hydrogens is 364 g/mol. The number of nitrogens with zero attached hydrogens (tertiary/aromatic N) is 2. The summed E-state index contributed by atoms with van der Waals surface area (Å²) in [5.74, 6) is 2.51. The number of aliphatic imine (C=N–C) groups is 1. The minimum Gasteiger partial charge on any atom is -0.488 e. The molecule has 0 aliphatic carbocycles. The number of rotatable bonds is 8. The number of ether oxygens (including phenoxy) is 2. The monoisotopic (exact) mass is 402 g/mol. The number of aryl methyl sites for hydroxylation is 1. The third-order valence-electron chi connectivity index (χ3n) is 5.76. The minimum absolute atomic E-state index is 0.152. The van der Waals surface area contributed by atoms with E-state index in [2.05, 4.69) is 54.5 Å². The first-order valence-corrected chi connectivity index (χ1v) is 11.3. The smallest absolute Gasteiger partial charge is 0.191 e. The molecule has 0 radical (unpaired) electrons. The molecule has 29 heavy (non-hydrogen) atoms. The second kappa shape index (κ2) is 11.4. The summed E-state index contributed by atoms with van der Waals surface area (Å²) in [6.45, 7) is 13.9. The Hall–Kier alpha value is -1.79. The van der Waals surface area contributed by atoms with Crippen LogP contribution in [0.15, 0.2) is 23.2 Å². The van der Waals surface area contributed by atoms with Crippen molar-refractivity contribution in [3.8, 4) is 5.75 Å². The summed E-state index contributed by atoms with van der Waals surface area (Å²) in [5, 5.41) is 6.95. The highest BCUT2D eigenvalue weighted by molar-refractivity contribution is 5.79. The van der Waals surface area contributed by atoms with Crippen molar-refractivity contribution in [2.75, 3.05) is 45.9 Å². The van der Waals surface area contributed by atoms with Gasteiger partial charge in [0.05, 0.1) is 19.8 Å². The van der Waals surface area contributed by atoms with Gasteiger partial charge in [-0.25, -0.2) is 4.99 Å². The van der Waals surface area contributed by atoms with Crippen molar-refractivity contribution in [3.63, 3.8) is 0 Å². The Labute approximate surface area is 176 Å². The Balaban J connectivity index is 1.60. The highest BCUT2D eigenvalue weighted by Crippen LogP contribution is 2.24. The molecule has 2 aliphatic heterocycles. The van der Waals surface area contributed by atoms with Gasteiger partial charge in [0.15, 0.2) is 5.96 Å². The molecule has 0 amide bonds. The third kappa shape index (κ3) is 6.89. The largest absolute Gasteiger partial charge is 0.488 e. The van der Waals surface area contributed by atoms with Gasteiger partial charge in [-0.05, 0) is 57.3 Å². The van der Waals surface area contributed by atoms with Crippen LogP contribution in [-0.2, 0) is 11.3 Å². The Morgan fingerprint density at radius 1 is 1.28 bits per heavy atom. The molecular formula is C23H38N4O2. The van der Waals surface area contributed by atoms with Gasteiger partial charge in [-0.2, -0.15) is 0 Å². The zero-order valence-electron chi connectivity index (χ0n) is 18.4. The Kier molecular flexibility index (Phi) is 8.62. The Bertz CT molecular complexity index is 658. The number of likely N-dealkylation sites (tertiary alicyclic amines) is 1. The van der Waals surface area contributed by atoms with Crippen LogP contribution < -0.4 is 15.4 Å². The van der Waals surface area contributed by atoms with Gasteiger partial charge in [0.2, 0.25) is 0 Å². The number of guanidine groups is 1. The number of piperidine rings is 1. The van der Waals surface area contributed by atoms with Crippen LogP contribution in [0.4, 0.5) is 0 Å². The number of benzene rings is 1. The molecule has 1 aromatic rings. The maximum absolute atomic E-state index is 6.22. The molecule has 2 aliphatic rings. The van der Waals surface area contributed by atoms with Crippen molar-refractivity contribution in [3.05, 3.63) is 29.3 Å². The van der Waals surface area contributed by atoms with Gasteiger partial charge < -0.3 is 25.0 Å². The van der Waals surface area contributed by atoms with Crippen LogP contribution in [0.2, 0.25) is 0 Å². The van der Waals surface area contributed by atoms with Crippen molar-refractivity contribution >= 4 is 5.96 Å². The van der Waals surface area contributed by atoms with E-state index in [0.717, 1.165) is 49.9 Å². The molecule has 0 aromatic heterocycles. The molecule has 1 aromatic carbocycles. The molecule has 0 bridgehead atoms. The normalized spacial score (nSPS) is 23.2. The molecule has 2 fully saturated rings. The van der Waals surface area contributed by atoms with E-state index < -0.39 is 0 Å². The summed E-state index contributed by atoms with van der Waals surface area (Å²) in [4.78, 5) is 7.39. The van der Waals surface area contributed by atoms with Crippen molar-refractivity contribution in [2.24, 2.45) is 10.9 Å². The molecule has 0 saturated carbocycles. The van der Waals surface area contributed by atoms with Crippen LogP contribution in [-0.4, -0.2) is 62.9 Å². The van der Waals surface area contributed by atoms with E-state index >= 15 is 0 Å². The Morgan fingerprint density at radius 3 is 2.93 bits per heavy atom. The van der Waals surface area contributed by atoms with Crippen LogP contribution >= 0.6 is 0 Å². The molecule has 6 nitrogen and oxygen atoms in total. The van der Waals surface area contributed by atoms with Gasteiger partial charge in [0.25, 0.3) is 0 Å². The third-order valence-corrected chi connectivity index (χ3v) is 5.76. The minimum atomic E-state index is 0.152. The summed E-state index contributed by atoms with van der Waals surface area (Å²) < 4.78 is 11.7. The average Bonchev–Trinajstić information content (AvgIpc) is 3.24. The molecule has 2 N–H and O–H groups in total. The molecule has 2 unspecified atom stereocenters. The maximum atomic E-state index is 6.22. The van der Waals surface area contributed by atoms with Gasteiger partial charge in [-0.15, -0.1) is 0 Å². The van der Waals surface area contributed by atoms with Gasteiger partial charge in [-0.3, -0.25) is 0 Å². The van der Waals surface area contributed by atoms with E-state index in [4.69, 9.17) is 14.5 Å². The second-order valence-corrected chi connectivity index (χ2v) is 8.19.